The van der Waals surface area contributed by atoms with Gasteiger partial charge in [0.15, 0.2) is 5.43 Å². The van der Waals surface area contributed by atoms with E-state index in [9.17, 15) is 9.59 Å². The lowest BCUT2D eigenvalue weighted by Gasteiger charge is -2.23. The molecule has 0 aliphatic heterocycles. The Hall–Kier alpha value is -2.92. The fraction of sp³-hybridized carbons (Fsp3) is 0.304. The molecule has 0 aliphatic carbocycles. The maximum Gasteiger partial charge on any atom is 0.243 e. The maximum atomic E-state index is 13.2. The molecule has 2 aromatic carbocycles. The molecule has 0 spiro atoms. The molecule has 0 fully saturated rings. The molecule has 5 heteroatoms. The lowest BCUT2D eigenvalue weighted by atomic mass is 10.0. The van der Waals surface area contributed by atoms with E-state index in [4.69, 9.17) is 5.11 Å². The second kappa shape index (κ2) is 8.85. The smallest absolute Gasteiger partial charge is 0.243 e. The van der Waals surface area contributed by atoms with E-state index in [2.05, 4.69) is 5.32 Å². The number of aromatic nitrogens is 1. The molecular weight excluding hydrogens is 352 g/mol. The van der Waals surface area contributed by atoms with Crippen LogP contribution < -0.4 is 10.7 Å². The number of hydrogen-bond acceptors (Lipinski definition) is 3. The number of aliphatic hydroxyl groups is 1. The Labute approximate surface area is 164 Å². The Morgan fingerprint density at radius 3 is 2.61 bits per heavy atom. The van der Waals surface area contributed by atoms with Crippen LogP contribution in [0.5, 0.6) is 0 Å². The van der Waals surface area contributed by atoms with Gasteiger partial charge in [0.25, 0.3) is 0 Å². The number of amides is 1. The fourth-order valence-corrected chi connectivity index (χ4v) is 3.51. The molecule has 1 heterocycles. The van der Waals surface area contributed by atoms with E-state index >= 15 is 0 Å². The molecule has 3 rings (SSSR count). The van der Waals surface area contributed by atoms with Gasteiger partial charge in [-0.3, -0.25) is 9.59 Å². The van der Waals surface area contributed by atoms with Crippen LogP contribution in [0.3, 0.4) is 0 Å². The molecule has 1 unspecified atom stereocenters. The number of pyridine rings is 1. The first-order valence-electron chi connectivity index (χ1n) is 9.66. The molecule has 1 atom stereocenters. The van der Waals surface area contributed by atoms with Crippen molar-refractivity contribution in [3.8, 4) is 11.1 Å². The first-order chi connectivity index (χ1) is 13.6. The number of aliphatic hydroxyl groups excluding tert-OH is 1. The summed E-state index contributed by atoms with van der Waals surface area (Å²) >= 11 is 0. The van der Waals surface area contributed by atoms with Crippen LogP contribution in [0.2, 0.25) is 0 Å². The largest absolute Gasteiger partial charge is 0.395 e. The second-order valence-corrected chi connectivity index (χ2v) is 6.98. The number of nitrogens with one attached hydrogen (secondary N) is 1. The predicted molar refractivity (Wildman–Crippen MR) is 112 cm³/mol. The highest BCUT2D eigenvalue weighted by Crippen LogP contribution is 2.26. The number of carbonyl (C=O) groups excluding carboxylic acids is 1. The molecular formula is C23H26N2O3. The number of fused-ring (bicyclic) bond motifs is 1. The van der Waals surface area contributed by atoms with Crippen molar-refractivity contribution < 1.29 is 9.90 Å². The maximum absolute atomic E-state index is 13.2. The third-order valence-electron chi connectivity index (χ3n) is 4.89. The van der Waals surface area contributed by atoms with E-state index < -0.39 is 6.04 Å². The van der Waals surface area contributed by atoms with Crippen molar-refractivity contribution in [2.75, 3.05) is 13.2 Å². The molecule has 5 nitrogen and oxygen atoms in total. The topological polar surface area (TPSA) is 71.3 Å². The van der Waals surface area contributed by atoms with E-state index in [1.54, 1.807) is 6.20 Å². The number of carbonyl (C=O) groups is 1. The highest BCUT2D eigenvalue weighted by molar-refractivity contribution is 5.88. The minimum Gasteiger partial charge on any atom is -0.395 e. The highest BCUT2D eigenvalue weighted by Gasteiger charge is 2.22. The summed E-state index contributed by atoms with van der Waals surface area (Å²) in [6, 6.07) is 14.8. The molecule has 0 bridgehead atoms. The summed E-state index contributed by atoms with van der Waals surface area (Å²) in [5, 5.41) is 12.5. The molecule has 0 radical (unpaired) electrons. The summed E-state index contributed by atoms with van der Waals surface area (Å²) in [5.74, 6) is -0.152. The van der Waals surface area contributed by atoms with Gasteiger partial charge in [0.2, 0.25) is 5.91 Å². The monoisotopic (exact) mass is 378 g/mol. The van der Waals surface area contributed by atoms with Crippen LogP contribution in [-0.2, 0) is 4.79 Å². The number of nitrogens with zero attached hydrogens (tertiary/aromatic N) is 1. The SMILES string of the molecule is CCCC(C(=O)NCCO)n1cc(-c2ccccc2)c(=O)c2ccc(C)cc21. The second-order valence-electron chi connectivity index (χ2n) is 6.98. The summed E-state index contributed by atoms with van der Waals surface area (Å²) < 4.78 is 1.92. The van der Waals surface area contributed by atoms with E-state index in [0.717, 1.165) is 23.1 Å². The molecule has 146 valence electrons. The van der Waals surface area contributed by atoms with Crippen LogP contribution in [0.1, 0.15) is 31.4 Å². The third-order valence-corrected chi connectivity index (χ3v) is 4.89. The Balaban J connectivity index is 2.26. The summed E-state index contributed by atoms with van der Waals surface area (Å²) in [4.78, 5) is 26.0. The Kier molecular flexibility index (Phi) is 6.26. The van der Waals surface area contributed by atoms with Gasteiger partial charge < -0.3 is 15.0 Å². The summed E-state index contributed by atoms with van der Waals surface area (Å²) in [6.07, 6.45) is 3.26. The minimum atomic E-state index is -0.455. The summed E-state index contributed by atoms with van der Waals surface area (Å²) in [7, 11) is 0. The van der Waals surface area contributed by atoms with Crippen molar-refractivity contribution in [2.24, 2.45) is 0 Å². The number of aryl methyl sites for hydroxylation is 1. The van der Waals surface area contributed by atoms with Gasteiger partial charge in [-0.1, -0.05) is 49.7 Å². The number of hydrogen-bond donors (Lipinski definition) is 2. The minimum absolute atomic E-state index is 0.0385. The molecule has 0 saturated carbocycles. The third kappa shape index (κ3) is 3.99. The zero-order valence-electron chi connectivity index (χ0n) is 16.3. The van der Waals surface area contributed by atoms with Crippen molar-refractivity contribution in [2.45, 2.75) is 32.7 Å². The Bertz CT molecular complexity index is 1030. The molecule has 0 aliphatic rings. The van der Waals surface area contributed by atoms with Gasteiger partial charge in [0, 0.05) is 23.7 Å². The van der Waals surface area contributed by atoms with Crippen LogP contribution in [0.25, 0.3) is 22.0 Å². The van der Waals surface area contributed by atoms with E-state index in [1.807, 2.05) is 66.9 Å². The van der Waals surface area contributed by atoms with Gasteiger partial charge in [-0.05, 0) is 36.6 Å². The van der Waals surface area contributed by atoms with Gasteiger partial charge >= 0.3 is 0 Å². The van der Waals surface area contributed by atoms with Crippen molar-refractivity contribution in [1.29, 1.82) is 0 Å². The van der Waals surface area contributed by atoms with Crippen LogP contribution in [0.15, 0.2) is 59.5 Å². The van der Waals surface area contributed by atoms with Gasteiger partial charge in [-0.25, -0.2) is 0 Å². The zero-order valence-corrected chi connectivity index (χ0v) is 16.3. The number of rotatable bonds is 7. The Morgan fingerprint density at radius 1 is 1.18 bits per heavy atom. The van der Waals surface area contributed by atoms with Crippen molar-refractivity contribution >= 4 is 16.8 Å². The fourth-order valence-electron chi connectivity index (χ4n) is 3.51. The first kappa shape index (κ1) is 19.8. The van der Waals surface area contributed by atoms with Gasteiger partial charge in [0.05, 0.1) is 12.1 Å². The zero-order chi connectivity index (χ0) is 20.1. The van der Waals surface area contributed by atoms with E-state index in [-0.39, 0.29) is 24.5 Å². The molecule has 1 aromatic heterocycles. The molecule has 1 amide bonds. The molecule has 0 saturated heterocycles. The van der Waals surface area contributed by atoms with E-state index in [0.29, 0.717) is 17.4 Å². The quantitative estimate of drug-likeness (QED) is 0.662. The number of benzene rings is 2. The predicted octanol–water partition coefficient (Wildman–Crippen LogP) is 3.43. The van der Waals surface area contributed by atoms with Crippen LogP contribution >= 0.6 is 0 Å². The van der Waals surface area contributed by atoms with E-state index in [1.165, 1.54) is 0 Å². The van der Waals surface area contributed by atoms with Crippen LogP contribution in [0, 0.1) is 6.92 Å². The van der Waals surface area contributed by atoms with Gasteiger partial charge in [-0.2, -0.15) is 0 Å². The van der Waals surface area contributed by atoms with Gasteiger partial charge in [0.1, 0.15) is 6.04 Å². The van der Waals surface area contributed by atoms with Crippen LogP contribution in [-0.4, -0.2) is 28.7 Å². The average molecular weight is 378 g/mol. The lowest BCUT2D eigenvalue weighted by molar-refractivity contribution is -0.124. The highest BCUT2D eigenvalue weighted by atomic mass is 16.3. The molecule has 28 heavy (non-hydrogen) atoms. The molecule has 3 aromatic rings. The standard InChI is InChI=1S/C23H26N2O3/c1-3-7-20(23(28)24-12-13-26)25-15-19(17-8-5-4-6-9-17)22(27)18-11-10-16(2)14-21(18)25/h4-6,8-11,14-15,20,26H,3,7,12-13H2,1-2H3,(H,24,28). The van der Waals surface area contributed by atoms with Gasteiger partial charge in [-0.15, -0.1) is 0 Å². The first-order valence-corrected chi connectivity index (χ1v) is 9.66. The van der Waals surface area contributed by atoms with Crippen molar-refractivity contribution in [3.05, 3.63) is 70.5 Å². The van der Waals surface area contributed by atoms with Crippen molar-refractivity contribution in [1.82, 2.24) is 9.88 Å². The summed E-state index contributed by atoms with van der Waals surface area (Å²) in [5.41, 5.74) is 3.15. The Morgan fingerprint density at radius 2 is 1.93 bits per heavy atom. The average Bonchev–Trinajstić information content (AvgIpc) is 2.71. The normalized spacial score (nSPS) is 12.1. The summed E-state index contributed by atoms with van der Waals surface area (Å²) in [6.45, 7) is 4.10. The molecule has 2 N–H and O–H groups in total. The lowest BCUT2D eigenvalue weighted by Crippen LogP contribution is -2.35. The van der Waals surface area contributed by atoms with Crippen LogP contribution in [0.4, 0.5) is 0 Å². The van der Waals surface area contributed by atoms with Crippen molar-refractivity contribution in [3.63, 3.8) is 0 Å².